The van der Waals surface area contributed by atoms with Gasteiger partial charge in [0.05, 0.1) is 4.90 Å². The number of fused-ring (bicyclic) bond motifs is 1. The van der Waals surface area contributed by atoms with Gasteiger partial charge in [-0.3, -0.25) is 0 Å². The van der Waals surface area contributed by atoms with Crippen LogP contribution in [-0.4, -0.2) is 17.4 Å². The van der Waals surface area contributed by atoms with Gasteiger partial charge in [0.25, 0.3) is 10.0 Å². The third-order valence-electron chi connectivity index (χ3n) is 5.08. The first-order valence-corrected chi connectivity index (χ1v) is 12.1. The van der Waals surface area contributed by atoms with Crippen LogP contribution in [0.2, 0.25) is 0 Å². The van der Waals surface area contributed by atoms with Crippen LogP contribution in [0.25, 0.3) is 11.0 Å². The molecule has 150 valence electrons. The summed E-state index contributed by atoms with van der Waals surface area (Å²) >= 11 is 2.17. The quantitative estimate of drug-likeness (QED) is 0.382. The van der Waals surface area contributed by atoms with Crippen LogP contribution in [0.3, 0.4) is 0 Å². The highest BCUT2D eigenvalue weighted by Crippen LogP contribution is 2.37. The molecule has 0 spiro atoms. The van der Waals surface area contributed by atoms with E-state index in [1.807, 2.05) is 12.1 Å². The highest BCUT2D eigenvalue weighted by Gasteiger charge is 2.30. The summed E-state index contributed by atoms with van der Waals surface area (Å²) in [5.74, 6) is 0.520. The summed E-state index contributed by atoms with van der Waals surface area (Å²) in [6.07, 6.45) is 3.32. The summed E-state index contributed by atoms with van der Waals surface area (Å²) in [4.78, 5) is 4.80. The Hall–Kier alpha value is -1.41. The Labute approximate surface area is 181 Å². The predicted molar refractivity (Wildman–Crippen MR) is 124 cm³/mol. The Kier molecular flexibility index (Phi) is 5.92. The maximum absolute atomic E-state index is 13.9. The number of rotatable bonds is 5. The molecule has 2 heterocycles. The van der Waals surface area contributed by atoms with Gasteiger partial charge in [0.15, 0.2) is 5.65 Å². The summed E-state index contributed by atoms with van der Waals surface area (Å²) in [5.41, 5.74) is 3.41. The third-order valence-corrected chi connectivity index (χ3v) is 7.72. The minimum Gasteiger partial charge on any atom is -0.237 e. The van der Waals surface area contributed by atoms with Gasteiger partial charge in [-0.2, -0.15) is 0 Å². The van der Waals surface area contributed by atoms with Crippen molar-refractivity contribution in [1.82, 2.24) is 8.96 Å². The van der Waals surface area contributed by atoms with Crippen molar-refractivity contribution in [1.29, 1.82) is 0 Å². The molecule has 3 rings (SSSR count). The van der Waals surface area contributed by atoms with Crippen LogP contribution in [0.15, 0.2) is 41.6 Å². The van der Waals surface area contributed by atoms with Crippen LogP contribution in [0, 0.1) is 3.57 Å². The Morgan fingerprint density at radius 2 is 1.54 bits per heavy atom. The van der Waals surface area contributed by atoms with E-state index in [-0.39, 0.29) is 11.8 Å². The molecule has 0 amide bonds. The van der Waals surface area contributed by atoms with E-state index in [0.29, 0.717) is 16.5 Å². The van der Waals surface area contributed by atoms with Gasteiger partial charge in [0.1, 0.15) is 0 Å². The standard InChI is InChI=1S/C22H27IN2O2S/c1-13(2)16-10-18(14(3)4)21(19(11-16)15(5)6)28(26,27)25-12-20(23)17-8-7-9-24-22(17)25/h7-15H,1-6H3. The molecular weight excluding hydrogens is 483 g/mol. The lowest BCUT2D eigenvalue weighted by Gasteiger charge is -2.23. The van der Waals surface area contributed by atoms with Gasteiger partial charge in [0, 0.05) is 21.4 Å². The maximum Gasteiger partial charge on any atom is 0.269 e. The van der Waals surface area contributed by atoms with E-state index >= 15 is 0 Å². The molecule has 0 radical (unpaired) electrons. The zero-order valence-electron chi connectivity index (χ0n) is 17.2. The first kappa shape index (κ1) is 21.3. The van der Waals surface area contributed by atoms with Crippen molar-refractivity contribution < 1.29 is 8.42 Å². The molecular formula is C22H27IN2O2S. The minimum atomic E-state index is -3.79. The highest BCUT2D eigenvalue weighted by molar-refractivity contribution is 14.1. The molecule has 0 atom stereocenters. The smallest absolute Gasteiger partial charge is 0.237 e. The van der Waals surface area contributed by atoms with Gasteiger partial charge < -0.3 is 0 Å². The Bertz CT molecular complexity index is 1100. The van der Waals surface area contributed by atoms with Crippen LogP contribution in [0.1, 0.15) is 76.0 Å². The van der Waals surface area contributed by atoms with Crippen LogP contribution >= 0.6 is 22.6 Å². The number of hydrogen-bond acceptors (Lipinski definition) is 3. The van der Waals surface area contributed by atoms with Gasteiger partial charge in [0.2, 0.25) is 0 Å². The molecule has 0 aliphatic heterocycles. The SMILES string of the molecule is CC(C)c1cc(C(C)C)c(S(=O)(=O)n2cc(I)c3cccnc32)c(C(C)C)c1. The van der Waals surface area contributed by atoms with Gasteiger partial charge >= 0.3 is 0 Å². The van der Waals surface area contributed by atoms with Crippen LogP contribution < -0.4 is 0 Å². The van der Waals surface area contributed by atoms with Crippen molar-refractivity contribution >= 4 is 43.6 Å². The first-order chi connectivity index (χ1) is 13.1. The number of nitrogens with zero attached hydrogens (tertiary/aromatic N) is 2. The Morgan fingerprint density at radius 1 is 0.964 bits per heavy atom. The summed E-state index contributed by atoms with van der Waals surface area (Å²) in [6.45, 7) is 12.5. The molecule has 2 aromatic heterocycles. The lowest BCUT2D eigenvalue weighted by atomic mass is 9.89. The molecule has 0 N–H and O–H groups in total. The van der Waals surface area contributed by atoms with Gasteiger partial charge in [-0.1, -0.05) is 53.7 Å². The molecule has 3 aromatic rings. The summed E-state index contributed by atoms with van der Waals surface area (Å²) in [6, 6.07) is 7.87. The molecule has 0 aliphatic carbocycles. The summed E-state index contributed by atoms with van der Waals surface area (Å²) in [7, 11) is -3.79. The number of hydrogen-bond donors (Lipinski definition) is 0. The molecule has 4 nitrogen and oxygen atoms in total. The number of aromatic nitrogens is 2. The molecule has 28 heavy (non-hydrogen) atoms. The largest absolute Gasteiger partial charge is 0.269 e. The molecule has 0 aliphatic rings. The molecule has 1 aromatic carbocycles. The fourth-order valence-corrected chi connectivity index (χ4v) is 6.35. The average molecular weight is 510 g/mol. The van der Waals surface area contributed by atoms with Crippen LogP contribution in [-0.2, 0) is 10.0 Å². The average Bonchev–Trinajstić information content (AvgIpc) is 2.98. The van der Waals surface area contributed by atoms with Gasteiger partial charge in [-0.25, -0.2) is 17.4 Å². The zero-order valence-corrected chi connectivity index (χ0v) is 20.2. The number of pyridine rings is 1. The van der Waals surface area contributed by atoms with E-state index in [2.05, 4.69) is 81.3 Å². The highest BCUT2D eigenvalue weighted by atomic mass is 127. The second-order valence-electron chi connectivity index (χ2n) is 8.15. The molecule has 0 saturated carbocycles. The van der Waals surface area contributed by atoms with E-state index in [1.54, 1.807) is 12.4 Å². The van der Waals surface area contributed by atoms with Crippen molar-refractivity contribution in [2.75, 3.05) is 0 Å². The maximum atomic E-state index is 13.9. The van der Waals surface area contributed by atoms with Crippen molar-refractivity contribution in [2.45, 2.75) is 64.2 Å². The Morgan fingerprint density at radius 3 is 2.04 bits per heavy atom. The lowest BCUT2D eigenvalue weighted by molar-refractivity contribution is 0.583. The molecule has 0 saturated heterocycles. The van der Waals surface area contributed by atoms with E-state index in [1.165, 1.54) is 9.54 Å². The van der Waals surface area contributed by atoms with E-state index in [4.69, 9.17) is 0 Å². The second kappa shape index (κ2) is 7.78. The fourth-order valence-electron chi connectivity index (χ4n) is 3.46. The first-order valence-electron chi connectivity index (χ1n) is 9.60. The zero-order chi connectivity index (χ0) is 20.8. The van der Waals surface area contributed by atoms with Crippen LogP contribution in [0.5, 0.6) is 0 Å². The monoisotopic (exact) mass is 510 g/mol. The number of benzene rings is 1. The number of halogens is 1. The molecule has 0 bridgehead atoms. The molecule has 0 unspecified atom stereocenters. The summed E-state index contributed by atoms with van der Waals surface area (Å²) < 4.78 is 30.1. The van der Waals surface area contributed by atoms with Crippen LogP contribution in [0.4, 0.5) is 0 Å². The van der Waals surface area contributed by atoms with Gasteiger partial charge in [-0.05, 0) is 69.2 Å². The molecule has 0 fully saturated rings. The fraction of sp³-hybridized carbons (Fsp3) is 0.409. The lowest BCUT2D eigenvalue weighted by Crippen LogP contribution is -2.18. The van der Waals surface area contributed by atoms with Crippen molar-refractivity contribution in [3.05, 3.63) is 56.9 Å². The van der Waals surface area contributed by atoms with Gasteiger partial charge in [-0.15, -0.1) is 0 Å². The van der Waals surface area contributed by atoms with E-state index < -0.39 is 10.0 Å². The van der Waals surface area contributed by atoms with Crippen molar-refractivity contribution in [2.24, 2.45) is 0 Å². The topological polar surface area (TPSA) is 52.0 Å². The predicted octanol–water partition coefficient (Wildman–Crippen LogP) is 6.25. The van der Waals surface area contributed by atoms with E-state index in [9.17, 15) is 8.42 Å². The normalized spacial score (nSPS) is 12.6. The second-order valence-corrected chi connectivity index (χ2v) is 11.1. The van der Waals surface area contributed by atoms with E-state index in [0.717, 1.165) is 20.1 Å². The van der Waals surface area contributed by atoms with Crippen molar-refractivity contribution in [3.63, 3.8) is 0 Å². The molecule has 6 heteroatoms. The minimum absolute atomic E-state index is 0.0924. The Balaban J connectivity index is 2.41. The third kappa shape index (κ3) is 3.61. The van der Waals surface area contributed by atoms with Crippen molar-refractivity contribution in [3.8, 4) is 0 Å². The summed E-state index contributed by atoms with van der Waals surface area (Å²) in [5, 5.41) is 0.850.